The maximum absolute atomic E-state index is 12.8. The molecule has 2 aromatic rings. The molecule has 1 aliphatic heterocycles. The number of rotatable bonds is 4. The second kappa shape index (κ2) is 6.84. The number of piperazine rings is 1. The molecule has 8 heteroatoms. The summed E-state index contributed by atoms with van der Waals surface area (Å²) in [6.07, 6.45) is 0. The topological polar surface area (TPSA) is 41.4 Å². The Hall–Kier alpha value is -1.67. The van der Waals surface area contributed by atoms with E-state index in [1.807, 2.05) is 13.1 Å². The summed E-state index contributed by atoms with van der Waals surface area (Å²) in [5.41, 5.74) is 1.33. The van der Waals surface area contributed by atoms with Gasteiger partial charge < -0.3 is 14.4 Å². The average molecular weight is 340 g/mol. The number of nitrogens with zero attached hydrogens (tertiary/aromatic N) is 4. The number of hydrogen-bond donors (Lipinski definition) is 0. The van der Waals surface area contributed by atoms with Gasteiger partial charge in [-0.3, -0.25) is 4.79 Å². The summed E-state index contributed by atoms with van der Waals surface area (Å²) in [6.45, 7) is 3.03. The highest BCUT2D eigenvalue weighted by Gasteiger charge is 2.22. The summed E-state index contributed by atoms with van der Waals surface area (Å²) in [4.78, 5) is 20.7. The van der Waals surface area contributed by atoms with E-state index in [1.54, 1.807) is 27.7 Å². The molecule has 0 atom stereocenters. The van der Waals surface area contributed by atoms with Gasteiger partial charge in [0.2, 0.25) is 5.91 Å². The molecule has 0 radical (unpaired) electrons. The Kier molecular flexibility index (Phi) is 4.82. The second-order valence-electron chi connectivity index (χ2n) is 5.53. The van der Waals surface area contributed by atoms with Crippen molar-refractivity contribution in [3.63, 3.8) is 0 Å². The van der Waals surface area contributed by atoms with E-state index in [1.165, 1.54) is 0 Å². The highest BCUT2D eigenvalue weighted by atomic mass is 32.2. The first-order chi connectivity index (χ1) is 11.0. The van der Waals surface area contributed by atoms with Gasteiger partial charge in [-0.2, -0.15) is 8.78 Å². The Balaban J connectivity index is 1.84. The van der Waals surface area contributed by atoms with Crippen LogP contribution in [0.15, 0.2) is 29.4 Å². The van der Waals surface area contributed by atoms with Crippen LogP contribution in [0.5, 0.6) is 0 Å². The molecule has 1 aromatic carbocycles. The maximum atomic E-state index is 12.8. The van der Waals surface area contributed by atoms with Crippen molar-refractivity contribution >= 4 is 28.7 Å². The molecule has 23 heavy (non-hydrogen) atoms. The number of benzene rings is 1. The van der Waals surface area contributed by atoms with Crippen molar-refractivity contribution in [2.75, 3.05) is 33.2 Å². The van der Waals surface area contributed by atoms with Gasteiger partial charge in [0.1, 0.15) is 6.54 Å². The van der Waals surface area contributed by atoms with E-state index in [2.05, 4.69) is 9.88 Å². The number of alkyl halides is 2. The van der Waals surface area contributed by atoms with E-state index < -0.39 is 5.76 Å². The fourth-order valence-electron chi connectivity index (χ4n) is 2.67. The molecule has 1 amide bonds. The summed E-state index contributed by atoms with van der Waals surface area (Å²) in [6, 6.07) is 7.19. The van der Waals surface area contributed by atoms with Crippen molar-refractivity contribution in [3.05, 3.63) is 24.3 Å². The van der Waals surface area contributed by atoms with Crippen LogP contribution >= 0.6 is 11.8 Å². The highest BCUT2D eigenvalue weighted by molar-refractivity contribution is 7.99. The molecular formula is C15H18F2N4OS. The van der Waals surface area contributed by atoms with Crippen LogP contribution in [0.1, 0.15) is 0 Å². The van der Waals surface area contributed by atoms with E-state index in [-0.39, 0.29) is 17.6 Å². The van der Waals surface area contributed by atoms with Crippen LogP contribution in [0.3, 0.4) is 0 Å². The van der Waals surface area contributed by atoms with Crippen molar-refractivity contribution in [1.29, 1.82) is 0 Å². The monoisotopic (exact) mass is 340 g/mol. The van der Waals surface area contributed by atoms with Crippen molar-refractivity contribution in [1.82, 2.24) is 19.4 Å². The third-order valence-electron chi connectivity index (χ3n) is 3.96. The van der Waals surface area contributed by atoms with Gasteiger partial charge in [-0.05, 0) is 30.9 Å². The molecule has 0 spiro atoms. The lowest BCUT2D eigenvalue weighted by Crippen LogP contribution is -2.48. The molecular weight excluding hydrogens is 322 g/mol. The summed E-state index contributed by atoms with van der Waals surface area (Å²) < 4.78 is 27.1. The molecule has 0 saturated carbocycles. The molecule has 1 fully saturated rings. The Morgan fingerprint density at radius 3 is 2.65 bits per heavy atom. The zero-order valence-corrected chi connectivity index (χ0v) is 13.6. The third kappa shape index (κ3) is 3.64. The number of halogens is 2. The van der Waals surface area contributed by atoms with Gasteiger partial charge in [-0.1, -0.05) is 12.1 Å². The number of hydrogen-bond acceptors (Lipinski definition) is 4. The van der Waals surface area contributed by atoms with Crippen LogP contribution < -0.4 is 0 Å². The van der Waals surface area contributed by atoms with Gasteiger partial charge in [-0.25, -0.2) is 4.98 Å². The van der Waals surface area contributed by atoms with Crippen LogP contribution in [0.25, 0.3) is 11.0 Å². The molecule has 0 aliphatic carbocycles. The minimum atomic E-state index is -2.57. The first kappa shape index (κ1) is 16.2. The molecule has 0 unspecified atom stereocenters. The van der Waals surface area contributed by atoms with E-state index in [9.17, 15) is 13.6 Å². The number of fused-ring (bicyclic) bond motifs is 1. The lowest BCUT2D eigenvalue weighted by atomic mass is 10.3. The van der Waals surface area contributed by atoms with Crippen LogP contribution in [0, 0.1) is 0 Å². The minimum Gasteiger partial charge on any atom is -0.339 e. The number of carbonyl (C=O) groups excluding carboxylic acids is 1. The van der Waals surface area contributed by atoms with Crippen LogP contribution in [-0.4, -0.2) is 64.2 Å². The molecule has 0 bridgehead atoms. The molecule has 3 rings (SSSR count). The van der Waals surface area contributed by atoms with Gasteiger partial charge >= 0.3 is 0 Å². The summed E-state index contributed by atoms with van der Waals surface area (Å²) in [5, 5.41) is 0.184. The predicted octanol–water partition coefficient (Wildman–Crippen LogP) is 2.12. The fraction of sp³-hybridized carbons (Fsp3) is 0.467. The summed E-state index contributed by atoms with van der Waals surface area (Å²) >= 11 is 0.379. The first-order valence-corrected chi connectivity index (χ1v) is 8.29. The summed E-state index contributed by atoms with van der Waals surface area (Å²) in [5.74, 6) is -2.62. The van der Waals surface area contributed by atoms with E-state index >= 15 is 0 Å². The smallest absolute Gasteiger partial charge is 0.291 e. The fourth-order valence-corrected chi connectivity index (χ4v) is 3.27. The Labute approximate surface area is 137 Å². The van der Waals surface area contributed by atoms with Gasteiger partial charge in [-0.15, -0.1) is 0 Å². The zero-order valence-electron chi connectivity index (χ0n) is 12.8. The SMILES string of the molecule is CN1CCN(C(=O)Cn2c(SC(F)F)nc3ccccc32)CC1. The molecule has 2 heterocycles. The first-order valence-electron chi connectivity index (χ1n) is 7.41. The number of carbonyl (C=O) groups is 1. The maximum Gasteiger partial charge on any atom is 0.291 e. The van der Waals surface area contributed by atoms with E-state index in [4.69, 9.17) is 0 Å². The molecule has 5 nitrogen and oxygen atoms in total. The molecule has 1 saturated heterocycles. The predicted molar refractivity (Wildman–Crippen MR) is 85.7 cm³/mol. The molecule has 124 valence electrons. The molecule has 1 aliphatic rings. The normalized spacial score (nSPS) is 16.4. The van der Waals surface area contributed by atoms with Crippen molar-refractivity contribution in [3.8, 4) is 0 Å². The van der Waals surface area contributed by atoms with Crippen molar-refractivity contribution in [2.24, 2.45) is 0 Å². The van der Waals surface area contributed by atoms with Gasteiger partial charge in [0.25, 0.3) is 5.76 Å². The highest BCUT2D eigenvalue weighted by Crippen LogP contribution is 2.28. The number of imidazole rings is 1. The van der Waals surface area contributed by atoms with Gasteiger partial charge in [0.05, 0.1) is 11.0 Å². The second-order valence-corrected chi connectivity index (χ2v) is 6.49. The van der Waals surface area contributed by atoms with Crippen LogP contribution in [0.2, 0.25) is 0 Å². The third-order valence-corrected chi connectivity index (χ3v) is 4.66. The molecule has 1 aromatic heterocycles. The average Bonchev–Trinajstić information content (AvgIpc) is 2.85. The standard InChI is InChI=1S/C15H18F2N4OS/c1-19-6-8-20(9-7-19)13(22)10-21-12-5-3-2-4-11(12)18-15(21)23-14(16)17/h2-5,14H,6-10H2,1H3. The number of aromatic nitrogens is 2. The molecule has 0 N–H and O–H groups in total. The summed E-state index contributed by atoms with van der Waals surface area (Å²) in [7, 11) is 2.02. The number of thioether (sulfide) groups is 1. The Bertz CT molecular complexity index is 698. The van der Waals surface area contributed by atoms with Gasteiger partial charge in [0, 0.05) is 26.2 Å². The lowest BCUT2D eigenvalue weighted by molar-refractivity contribution is -0.133. The van der Waals surface area contributed by atoms with Gasteiger partial charge in [0.15, 0.2) is 5.16 Å². The van der Waals surface area contributed by atoms with E-state index in [0.29, 0.717) is 35.9 Å². The largest absolute Gasteiger partial charge is 0.339 e. The van der Waals surface area contributed by atoms with E-state index in [0.717, 1.165) is 13.1 Å². The Morgan fingerprint density at radius 2 is 1.96 bits per heavy atom. The Morgan fingerprint density at radius 1 is 1.26 bits per heavy atom. The van der Waals surface area contributed by atoms with Crippen molar-refractivity contribution in [2.45, 2.75) is 17.5 Å². The van der Waals surface area contributed by atoms with Crippen molar-refractivity contribution < 1.29 is 13.6 Å². The van der Waals surface area contributed by atoms with Crippen LogP contribution in [0.4, 0.5) is 8.78 Å². The number of amides is 1. The zero-order chi connectivity index (χ0) is 16.4. The quantitative estimate of drug-likeness (QED) is 0.800. The number of likely N-dealkylation sites (N-methyl/N-ethyl adjacent to an activating group) is 1. The minimum absolute atomic E-state index is 0.0410. The number of para-hydroxylation sites is 2. The lowest BCUT2D eigenvalue weighted by Gasteiger charge is -2.32. The van der Waals surface area contributed by atoms with Crippen LogP contribution in [-0.2, 0) is 11.3 Å².